The van der Waals surface area contributed by atoms with Gasteiger partial charge in [0.25, 0.3) is 0 Å². The number of hydrogen-bond acceptors (Lipinski definition) is 2. The summed E-state index contributed by atoms with van der Waals surface area (Å²) >= 11 is 0. The first-order valence-electron chi connectivity index (χ1n) is 7.41. The van der Waals surface area contributed by atoms with Gasteiger partial charge in [-0.15, -0.1) is 0 Å². The van der Waals surface area contributed by atoms with Crippen molar-refractivity contribution in [1.82, 2.24) is 0 Å². The second-order valence-corrected chi connectivity index (χ2v) is 6.11. The Morgan fingerprint density at radius 3 is 2.10 bits per heavy atom. The number of hydrogen-bond donors (Lipinski definition) is 1. The lowest BCUT2D eigenvalue weighted by molar-refractivity contribution is 0.185. The van der Waals surface area contributed by atoms with E-state index in [4.69, 9.17) is 0 Å². The van der Waals surface area contributed by atoms with Crippen LogP contribution >= 0.6 is 0 Å². The minimum atomic E-state index is -0.477. The van der Waals surface area contributed by atoms with E-state index in [-0.39, 0.29) is 0 Å². The Labute approximate surface area is 128 Å². The molecule has 0 aromatic heterocycles. The first kappa shape index (κ1) is 15.6. The van der Waals surface area contributed by atoms with Crippen molar-refractivity contribution in [2.45, 2.75) is 33.8 Å². The van der Waals surface area contributed by atoms with Crippen LogP contribution in [-0.4, -0.2) is 18.7 Å². The number of aliphatic hydroxyl groups excluding tert-OH is 1. The highest BCUT2D eigenvalue weighted by Crippen LogP contribution is 2.23. The molecule has 1 N–H and O–H groups in total. The van der Waals surface area contributed by atoms with Gasteiger partial charge in [0, 0.05) is 19.3 Å². The van der Waals surface area contributed by atoms with Gasteiger partial charge in [0.15, 0.2) is 0 Å². The maximum Gasteiger partial charge on any atom is 0.0964 e. The van der Waals surface area contributed by atoms with Gasteiger partial charge >= 0.3 is 0 Å². The lowest BCUT2D eigenvalue weighted by Crippen LogP contribution is -2.25. The number of anilines is 1. The third-order valence-corrected chi connectivity index (χ3v) is 3.84. The molecule has 2 rings (SSSR count). The minimum Gasteiger partial charge on any atom is -0.387 e. The average Bonchev–Trinajstić information content (AvgIpc) is 2.37. The second-order valence-electron chi connectivity index (χ2n) is 6.11. The van der Waals surface area contributed by atoms with Gasteiger partial charge in [-0.2, -0.15) is 0 Å². The molecule has 0 aliphatic carbocycles. The largest absolute Gasteiger partial charge is 0.387 e. The first-order valence-corrected chi connectivity index (χ1v) is 7.41. The summed E-state index contributed by atoms with van der Waals surface area (Å²) in [4.78, 5) is 2.12. The van der Waals surface area contributed by atoms with Gasteiger partial charge < -0.3 is 10.0 Å². The number of benzene rings is 2. The van der Waals surface area contributed by atoms with Crippen LogP contribution in [0.1, 0.15) is 33.9 Å². The van der Waals surface area contributed by atoms with Crippen LogP contribution in [0.3, 0.4) is 0 Å². The van der Waals surface area contributed by atoms with E-state index in [1.165, 1.54) is 27.9 Å². The summed E-state index contributed by atoms with van der Waals surface area (Å²) in [5.74, 6) is 0. The van der Waals surface area contributed by atoms with Gasteiger partial charge in [0.05, 0.1) is 6.10 Å². The molecule has 21 heavy (non-hydrogen) atoms. The van der Waals surface area contributed by atoms with Gasteiger partial charge in [-0.3, -0.25) is 0 Å². The van der Waals surface area contributed by atoms with E-state index in [9.17, 15) is 5.11 Å². The highest BCUT2D eigenvalue weighted by Gasteiger charge is 2.13. The SMILES string of the molecule is Cc1cc(C)cc(C(O)CN(C)c2ccc(C)cc2C)c1. The Morgan fingerprint density at radius 2 is 1.52 bits per heavy atom. The molecule has 0 aliphatic heterocycles. The van der Waals surface area contributed by atoms with Crippen molar-refractivity contribution in [2.75, 3.05) is 18.5 Å². The van der Waals surface area contributed by atoms with Crippen molar-refractivity contribution in [2.24, 2.45) is 0 Å². The van der Waals surface area contributed by atoms with Crippen LogP contribution in [0, 0.1) is 27.7 Å². The molecule has 112 valence electrons. The molecule has 0 spiro atoms. The van der Waals surface area contributed by atoms with E-state index in [1.807, 2.05) is 7.05 Å². The molecule has 0 fully saturated rings. The fourth-order valence-corrected chi connectivity index (χ4v) is 2.90. The zero-order valence-corrected chi connectivity index (χ0v) is 13.6. The molecule has 1 unspecified atom stereocenters. The molecular formula is C19H25NO. The third kappa shape index (κ3) is 3.85. The van der Waals surface area contributed by atoms with Crippen molar-refractivity contribution >= 4 is 5.69 Å². The highest BCUT2D eigenvalue weighted by atomic mass is 16.3. The van der Waals surface area contributed by atoms with Gasteiger partial charge in [0.1, 0.15) is 0 Å². The lowest BCUT2D eigenvalue weighted by Gasteiger charge is -2.25. The molecule has 0 radical (unpaired) electrons. The Hall–Kier alpha value is -1.80. The highest BCUT2D eigenvalue weighted by molar-refractivity contribution is 5.54. The van der Waals surface area contributed by atoms with Gasteiger partial charge in [-0.1, -0.05) is 47.0 Å². The van der Waals surface area contributed by atoms with Crippen LogP contribution in [0.5, 0.6) is 0 Å². The van der Waals surface area contributed by atoms with Gasteiger partial charge in [0.2, 0.25) is 0 Å². The monoisotopic (exact) mass is 283 g/mol. The molecule has 0 heterocycles. The van der Waals surface area contributed by atoms with E-state index in [0.29, 0.717) is 6.54 Å². The van der Waals surface area contributed by atoms with E-state index < -0.39 is 6.10 Å². The fraction of sp³-hybridized carbons (Fsp3) is 0.368. The summed E-state index contributed by atoms with van der Waals surface area (Å²) in [5.41, 5.74) is 7.05. The fourth-order valence-electron chi connectivity index (χ4n) is 2.90. The first-order chi connectivity index (χ1) is 9.86. The molecule has 2 aromatic rings. The molecule has 2 nitrogen and oxygen atoms in total. The molecule has 0 saturated carbocycles. The van der Waals surface area contributed by atoms with Crippen LogP contribution in [0.25, 0.3) is 0 Å². The quantitative estimate of drug-likeness (QED) is 0.913. The van der Waals surface area contributed by atoms with E-state index in [0.717, 1.165) is 5.56 Å². The molecule has 0 aliphatic rings. The van der Waals surface area contributed by atoms with Crippen molar-refractivity contribution in [3.05, 3.63) is 64.2 Å². The zero-order chi connectivity index (χ0) is 15.6. The number of aliphatic hydroxyl groups is 1. The van der Waals surface area contributed by atoms with E-state index in [2.05, 4.69) is 69.0 Å². The maximum atomic E-state index is 10.5. The van der Waals surface area contributed by atoms with Gasteiger partial charge in [-0.25, -0.2) is 0 Å². The Bertz CT molecular complexity index is 613. The Kier molecular flexibility index (Phi) is 4.69. The predicted octanol–water partition coefficient (Wildman–Crippen LogP) is 4.09. The molecule has 2 heteroatoms. The Morgan fingerprint density at radius 1 is 0.905 bits per heavy atom. The second kappa shape index (κ2) is 6.31. The predicted molar refractivity (Wildman–Crippen MR) is 90.1 cm³/mol. The van der Waals surface area contributed by atoms with Crippen LogP contribution in [0.4, 0.5) is 5.69 Å². The standard InChI is InChI=1S/C19H25NO/c1-13-6-7-18(16(4)9-13)20(5)12-19(21)17-10-14(2)8-15(3)11-17/h6-11,19,21H,12H2,1-5H3. The van der Waals surface area contributed by atoms with E-state index in [1.54, 1.807) is 0 Å². The van der Waals surface area contributed by atoms with Crippen LogP contribution in [-0.2, 0) is 0 Å². The zero-order valence-electron chi connectivity index (χ0n) is 13.6. The van der Waals surface area contributed by atoms with Crippen molar-refractivity contribution in [3.8, 4) is 0 Å². The maximum absolute atomic E-state index is 10.5. The van der Waals surface area contributed by atoms with Crippen LogP contribution in [0.15, 0.2) is 36.4 Å². The third-order valence-electron chi connectivity index (χ3n) is 3.84. The number of nitrogens with zero attached hydrogens (tertiary/aromatic N) is 1. The lowest BCUT2D eigenvalue weighted by atomic mass is 10.0. The number of likely N-dealkylation sites (N-methyl/N-ethyl adjacent to an activating group) is 1. The summed E-state index contributed by atoms with van der Waals surface area (Å²) in [5, 5.41) is 10.5. The smallest absolute Gasteiger partial charge is 0.0964 e. The summed E-state index contributed by atoms with van der Waals surface area (Å²) in [7, 11) is 2.03. The van der Waals surface area contributed by atoms with Gasteiger partial charge in [-0.05, 0) is 44.9 Å². The topological polar surface area (TPSA) is 23.5 Å². The average molecular weight is 283 g/mol. The summed E-state index contributed by atoms with van der Waals surface area (Å²) in [6.07, 6.45) is -0.477. The summed E-state index contributed by atoms with van der Waals surface area (Å²) in [6, 6.07) is 12.7. The number of aryl methyl sites for hydroxylation is 4. The van der Waals surface area contributed by atoms with Crippen molar-refractivity contribution in [1.29, 1.82) is 0 Å². The molecule has 1 atom stereocenters. The van der Waals surface area contributed by atoms with Crippen LogP contribution < -0.4 is 4.90 Å². The summed E-state index contributed by atoms with van der Waals surface area (Å²) in [6.45, 7) is 8.93. The van der Waals surface area contributed by atoms with Crippen molar-refractivity contribution < 1.29 is 5.11 Å². The summed E-state index contributed by atoms with van der Waals surface area (Å²) < 4.78 is 0. The molecule has 0 amide bonds. The normalized spacial score (nSPS) is 12.3. The van der Waals surface area contributed by atoms with Crippen molar-refractivity contribution in [3.63, 3.8) is 0 Å². The number of rotatable bonds is 4. The molecule has 0 saturated heterocycles. The van der Waals surface area contributed by atoms with E-state index >= 15 is 0 Å². The molecule has 2 aromatic carbocycles. The Balaban J connectivity index is 2.16. The minimum absolute atomic E-state index is 0.477. The van der Waals surface area contributed by atoms with Crippen LogP contribution in [0.2, 0.25) is 0 Å². The molecule has 0 bridgehead atoms. The molecular weight excluding hydrogens is 258 g/mol.